The van der Waals surface area contributed by atoms with Crippen molar-refractivity contribution in [1.29, 1.82) is 0 Å². The fraction of sp³-hybridized carbons (Fsp3) is 0.889. The average molecular weight is 371 g/mol. The van der Waals surface area contributed by atoms with Crippen molar-refractivity contribution < 1.29 is 33.6 Å². The van der Waals surface area contributed by atoms with Gasteiger partial charge in [0.2, 0.25) is 11.6 Å². The Morgan fingerprint density at radius 3 is 2.35 bits per heavy atom. The largest absolute Gasteiger partial charge is 0.444 e. The Hall–Kier alpha value is -1.22. The van der Waals surface area contributed by atoms with E-state index in [1.165, 1.54) is 14.0 Å². The molecule has 8 nitrogen and oxygen atoms in total. The number of nitrogens with zero attached hydrogens (tertiary/aromatic N) is 1. The summed E-state index contributed by atoms with van der Waals surface area (Å²) in [6.07, 6.45) is 0.426. The van der Waals surface area contributed by atoms with Gasteiger partial charge in [-0.15, -0.1) is 0 Å². The Morgan fingerprint density at radius 2 is 1.88 bits per heavy atom. The second kappa shape index (κ2) is 5.89. The minimum Gasteiger partial charge on any atom is -0.444 e. The molecule has 5 atom stereocenters. The summed E-state index contributed by atoms with van der Waals surface area (Å²) in [6, 6.07) is 0. The van der Waals surface area contributed by atoms with E-state index >= 15 is 0 Å². The molecule has 3 aliphatic rings. The Balaban J connectivity index is 1.92. The van der Waals surface area contributed by atoms with Crippen molar-refractivity contribution in [3.8, 4) is 0 Å². The minimum atomic E-state index is -1.73. The topological polar surface area (TPSA) is 94.5 Å². The van der Waals surface area contributed by atoms with Gasteiger partial charge in [-0.25, -0.2) is 4.79 Å². The van der Waals surface area contributed by atoms with Crippen molar-refractivity contribution in [2.24, 2.45) is 5.92 Å². The van der Waals surface area contributed by atoms with Crippen LogP contribution in [0.25, 0.3) is 0 Å². The van der Waals surface area contributed by atoms with Gasteiger partial charge in [-0.05, 0) is 47.5 Å². The van der Waals surface area contributed by atoms with Crippen LogP contribution >= 0.6 is 0 Å². The molecular formula is C18H29NO7. The molecule has 1 amide bonds. The van der Waals surface area contributed by atoms with Gasteiger partial charge in [0.15, 0.2) is 0 Å². The molecule has 3 fully saturated rings. The van der Waals surface area contributed by atoms with E-state index in [1.807, 2.05) is 0 Å². The van der Waals surface area contributed by atoms with E-state index in [9.17, 15) is 14.7 Å². The van der Waals surface area contributed by atoms with E-state index in [-0.39, 0.29) is 6.54 Å². The predicted octanol–water partition coefficient (Wildman–Crippen LogP) is 1.44. The summed E-state index contributed by atoms with van der Waals surface area (Å²) in [6.45, 7) is 8.63. The zero-order valence-corrected chi connectivity index (χ0v) is 16.3. The molecule has 1 spiro atoms. The lowest BCUT2D eigenvalue weighted by atomic mass is 9.82. The monoisotopic (exact) mass is 371 g/mol. The molecule has 0 aromatic heterocycles. The number of likely N-dealkylation sites (tertiary alicyclic amines) is 1. The number of hydrogen-bond acceptors (Lipinski definition) is 7. The quantitative estimate of drug-likeness (QED) is 0.734. The maximum atomic E-state index is 12.8. The number of carbonyl (C=O) groups is 2. The molecular weight excluding hydrogens is 342 g/mol. The highest BCUT2D eigenvalue weighted by molar-refractivity contribution is 5.73. The van der Waals surface area contributed by atoms with Crippen LogP contribution in [0.1, 0.15) is 47.5 Å². The summed E-state index contributed by atoms with van der Waals surface area (Å²) in [4.78, 5) is 26.3. The van der Waals surface area contributed by atoms with Gasteiger partial charge in [0.25, 0.3) is 0 Å². The van der Waals surface area contributed by atoms with E-state index in [0.717, 1.165) is 6.29 Å². The molecule has 1 N–H and O–H groups in total. The minimum absolute atomic E-state index is 0.207. The van der Waals surface area contributed by atoms with Gasteiger partial charge in [0.05, 0.1) is 18.0 Å². The first-order valence-corrected chi connectivity index (χ1v) is 8.98. The number of fused-ring (bicyclic) bond motifs is 1. The fourth-order valence-electron chi connectivity index (χ4n) is 3.95. The number of aldehydes is 1. The van der Waals surface area contributed by atoms with E-state index in [0.29, 0.717) is 12.8 Å². The summed E-state index contributed by atoms with van der Waals surface area (Å²) in [5.41, 5.74) is -1.28. The summed E-state index contributed by atoms with van der Waals surface area (Å²) in [5, 5.41) is 10.7. The van der Waals surface area contributed by atoms with Gasteiger partial charge in [-0.3, -0.25) is 4.90 Å². The average Bonchev–Trinajstić information content (AvgIpc) is 3.28. The van der Waals surface area contributed by atoms with Crippen LogP contribution < -0.4 is 0 Å². The Morgan fingerprint density at radius 1 is 1.27 bits per heavy atom. The number of rotatable bonds is 2. The van der Waals surface area contributed by atoms with Gasteiger partial charge in [-0.1, -0.05) is 0 Å². The first kappa shape index (κ1) is 19.5. The number of ether oxygens (including phenoxy) is 4. The van der Waals surface area contributed by atoms with Gasteiger partial charge >= 0.3 is 6.09 Å². The summed E-state index contributed by atoms with van der Waals surface area (Å²) in [5.74, 6) is -3.76. The maximum absolute atomic E-state index is 12.8. The molecule has 2 aliphatic heterocycles. The third-order valence-electron chi connectivity index (χ3n) is 5.74. The molecule has 0 aromatic rings. The Kier molecular flexibility index (Phi) is 4.42. The van der Waals surface area contributed by atoms with Crippen molar-refractivity contribution in [2.45, 2.75) is 82.4 Å². The lowest BCUT2D eigenvalue weighted by Gasteiger charge is -2.56. The van der Waals surface area contributed by atoms with E-state index in [1.54, 1.807) is 32.6 Å². The second-order valence-corrected chi connectivity index (χ2v) is 8.73. The third kappa shape index (κ3) is 2.93. The lowest BCUT2D eigenvalue weighted by Crippen LogP contribution is -2.72. The van der Waals surface area contributed by atoms with Crippen molar-refractivity contribution in [3.63, 3.8) is 0 Å². The molecule has 8 heteroatoms. The number of piperidine rings is 1. The van der Waals surface area contributed by atoms with Crippen molar-refractivity contribution in [2.75, 3.05) is 13.7 Å². The molecule has 1 aliphatic carbocycles. The maximum Gasteiger partial charge on any atom is 0.410 e. The molecule has 3 rings (SSSR count). The Labute approximate surface area is 153 Å². The van der Waals surface area contributed by atoms with Gasteiger partial charge < -0.3 is 28.8 Å². The van der Waals surface area contributed by atoms with Gasteiger partial charge in [0, 0.05) is 7.11 Å². The highest BCUT2D eigenvalue weighted by Gasteiger charge is 2.68. The fourth-order valence-corrected chi connectivity index (χ4v) is 3.95. The first-order valence-electron chi connectivity index (χ1n) is 8.98. The van der Waals surface area contributed by atoms with Crippen LogP contribution in [0.3, 0.4) is 0 Å². The summed E-state index contributed by atoms with van der Waals surface area (Å²) in [7, 11) is 1.41. The number of aliphatic hydroxyl groups is 1. The molecule has 0 bridgehead atoms. The van der Waals surface area contributed by atoms with Crippen LogP contribution in [0.4, 0.5) is 4.79 Å². The van der Waals surface area contributed by atoms with Crippen molar-refractivity contribution in [3.05, 3.63) is 0 Å². The number of amides is 1. The smallest absolute Gasteiger partial charge is 0.410 e. The summed E-state index contributed by atoms with van der Waals surface area (Å²) < 4.78 is 22.8. The number of carbonyl (C=O) groups excluding carboxylic acids is 2. The SMILES string of the molecule is CO[C@@]1(C)O[C@@H]2CN(C(=O)OC(C)(C)C)C3(CC3)[C@H](C=O)[C@H]2O[C@]1(C)O. The van der Waals surface area contributed by atoms with Gasteiger partial charge in [-0.2, -0.15) is 0 Å². The van der Waals surface area contributed by atoms with E-state index in [2.05, 4.69) is 0 Å². The zero-order chi connectivity index (χ0) is 19.5. The Bertz CT molecular complexity index is 595. The number of hydrogen-bond donors (Lipinski definition) is 1. The summed E-state index contributed by atoms with van der Waals surface area (Å²) >= 11 is 0. The standard InChI is InChI=1S/C18H29NO7/c1-15(2,3)26-14(21)19-9-12-13(11(10-20)18(19)7-8-18)25-16(4,22)17(5,23-6)24-12/h10-13,22H,7-9H2,1-6H3/t11-,12-,13-,16+,17+/m1/s1. The van der Waals surface area contributed by atoms with Crippen LogP contribution in [-0.4, -0.2) is 71.0 Å². The molecule has 1 saturated carbocycles. The van der Waals surface area contributed by atoms with E-state index < -0.39 is 46.9 Å². The van der Waals surface area contributed by atoms with Crippen LogP contribution in [0.2, 0.25) is 0 Å². The van der Waals surface area contributed by atoms with Crippen molar-refractivity contribution in [1.82, 2.24) is 4.90 Å². The first-order chi connectivity index (χ1) is 11.9. The van der Waals surface area contributed by atoms with Gasteiger partial charge in [0.1, 0.15) is 24.1 Å². The lowest BCUT2D eigenvalue weighted by molar-refractivity contribution is -0.451. The molecule has 0 radical (unpaired) electrons. The number of methoxy groups -OCH3 is 1. The molecule has 148 valence electrons. The van der Waals surface area contributed by atoms with Crippen LogP contribution in [0.15, 0.2) is 0 Å². The normalized spacial score (nSPS) is 41.5. The highest BCUT2D eigenvalue weighted by atomic mass is 16.8. The molecule has 26 heavy (non-hydrogen) atoms. The highest BCUT2D eigenvalue weighted by Crippen LogP contribution is 2.55. The molecule has 0 aromatic carbocycles. The van der Waals surface area contributed by atoms with Crippen LogP contribution in [0.5, 0.6) is 0 Å². The second-order valence-electron chi connectivity index (χ2n) is 8.73. The van der Waals surface area contributed by atoms with E-state index in [4.69, 9.17) is 18.9 Å². The van der Waals surface area contributed by atoms with Crippen LogP contribution in [0, 0.1) is 5.92 Å². The predicted molar refractivity (Wildman–Crippen MR) is 90.2 cm³/mol. The molecule has 0 unspecified atom stereocenters. The zero-order valence-electron chi connectivity index (χ0n) is 16.3. The third-order valence-corrected chi connectivity index (χ3v) is 5.74. The van der Waals surface area contributed by atoms with Crippen LogP contribution in [-0.2, 0) is 23.7 Å². The molecule has 2 saturated heterocycles. The molecule has 2 heterocycles. The van der Waals surface area contributed by atoms with Crippen molar-refractivity contribution >= 4 is 12.4 Å².